The van der Waals surface area contributed by atoms with E-state index in [0.29, 0.717) is 17.0 Å². The Hall–Kier alpha value is -2.84. The number of hydrogen-bond acceptors (Lipinski definition) is 4. The molecule has 2 aromatic rings. The number of nitrogens with zero attached hydrogens (tertiary/aromatic N) is 2. The van der Waals surface area contributed by atoms with Gasteiger partial charge in [-0.2, -0.15) is 5.26 Å². The van der Waals surface area contributed by atoms with Crippen molar-refractivity contribution >= 4 is 11.3 Å². The van der Waals surface area contributed by atoms with Gasteiger partial charge in [0.2, 0.25) is 0 Å². The van der Waals surface area contributed by atoms with Gasteiger partial charge in [-0.05, 0) is 81.1 Å². The number of ether oxygens (including phenoxy) is 1. The molecule has 0 radical (unpaired) electrons. The standard InChI is InChI=1S/C30H40N4O/c1-21(18-30(6)15-14-29(4,5)35-30)23-7-8-26(32-16-11-27-33-20-24(19-31)34-27)25(17-23)22-9-12-28(2,3)13-10-22/h7-9,14-15,17,20-21,32H,10-13,16,18H2,1-6H3,(H,33,34)/t21?,30-/m1/s1. The number of nitrogens with one attached hydrogen (secondary N) is 2. The third kappa shape index (κ3) is 6.24. The van der Waals surface area contributed by atoms with E-state index < -0.39 is 0 Å². The summed E-state index contributed by atoms with van der Waals surface area (Å²) in [7, 11) is 0. The molecule has 0 saturated heterocycles. The molecule has 2 aliphatic rings. The number of hydrogen-bond donors (Lipinski definition) is 2. The quantitative estimate of drug-likeness (QED) is 0.400. The average Bonchev–Trinajstić information content (AvgIpc) is 3.37. The molecule has 1 unspecified atom stereocenters. The van der Waals surface area contributed by atoms with Crippen molar-refractivity contribution in [2.75, 3.05) is 11.9 Å². The number of aromatic nitrogens is 2. The van der Waals surface area contributed by atoms with Crippen LogP contribution in [0.25, 0.3) is 5.57 Å². The topological polar surface area (TPSA) is 73.7 Å². The lowest BCUT2D eigenvalue weighted by molar-refractivity contribution is -0.0655. The maximum atomic E-state index is 9.01. The van der Waals surface area contributed by atoms with Crippen molar-refractivity contribution < 1.29 is 4.74 Å². The second-order valence-electron chi connectivity index (χ2n) is 11.9. The van der Waals surface area contributed by atoms with Gasteiger partial charge in [0.05, 0.1) is 11.2 Å². The Balaban J connectivity index is 1.53. The highest BCUT2D eigenvalue weighted by molar-refractivity contribution is 5.77. The predicted octanol–water partition coefficient (Wildman–Crippen LogP) is 7.15. The number of imidazole rings is 1. The van der Waals surface area contributed by atoms with Gasteiger partial charge < -0.3 is 15.0 Å². The molecule has 0 amide bonds. The molecule has 5 nitrogen and oxygen atoms in total. The second kappa shape index (κ2) is 9.66. The second-order valence-corrected chi connectivity index (χ2v) is 11.9. The van der Waals surface area contributed by atoms with Crippen LogP contribution in [0.5, 0.6) is 0 Å². The molecule has 35 heavy (non-hydrogen) atoms. The Bertz CT molecular complexity index is 1160. The summed E-state index contributed by atoms with van der Waals surface area (Å²) in [5.74, 6) is 1.21. The molecular formula is C30H40N4O. The van der Waals surface area contributed by atoms with Gasteiger partial charge in [0.25, 0.3) is 0 Å². The van der Waals surface area contributed by atoms with Crippen LogP contribution in [-0.2, 0) is 11.2 Å². The van der Waals surface area contributed by atoms with E-state index in [-0.39, 0.29) is 11.2 Å². The molecule has 2 N–H and O–H groups in total. The van der Waals surface area contributed by atoms with E-state index in [1.54, 1.807) is 6.20 Å². The molecular weight excluding hydrogens is 432 g/mol. The Morgan fingerprint density at radius 3 is 2.63 bits per heavy atom. The van der Waals surface area contributed by atoms with E-state index in [1.807, 2.05) is 0 Å². The molecule has 0 spiro atoms. The highest BCUT2D eigenvalue weighted by Gasteiger charge is 2.36. The summed E-state index contributed by atoms with van der Waals surface area (Å²) in [6.45, 7) is 14.2. The molecule has 1 aliphatic carbocycles. The first-order chi connectivity index (χ1) is 16.5. The van der Waals surface area contributed by atoms with E-state index in [9.17, 15) is 0 Å². The van der Waals surface area contributed by atoms with Crippen LogP contribution < -0.4 is 5.32 Å². The lowest BCUT2D eigenvalue weighted by Gasteiger charge is -2.32. The van der Waals surface area contributed by atoms with Crippen LogP contribution in [0.4, 0.5) is 5.69 Å². The molecule has 1 aromatic carbocycles. The van der Waals surface area contributed by atoms with Crippen molar-refractivity contribution in [2.24, 2.45) is 5.41 Å². The molecule has 0 fully saturated rings. The van der Waals surface area contributed by atoms with Crippen LogP contribution >= 0.6 is 0 Å². The smallest absolute Gasteiger partial charge is 0.158 e. The zero-order chi connectivity index (χ0) is 25.3. The van der Waals surface area contributed by atoms with Gasteiger partial charge in [-0.3, -0.25) is 0 Å². The Labute approximate surface area is 210 Å². The number of allylic oxidation sites excluding steroid dienone is 2. The maximum absolute atomic E-state index is 9.01. The third-order valence-electron chi connectivity index (χ3n) is 7.40. The summed E-state index contributed by atoms with van der Waals surface area (Å²) in [5, 5.41) is 12.7. The molecule has 2 atom stereocenters. The Morgan fingerprint density at radius 1 is 1.20 bits per heavy atom. The SMILES string of the molecule is CC(C[C@@]1(C)C=CC(C)(C)O1)c1ccc(NCCc2nc(C#N)c[nH]2)c(C2=CCC(C)(C)CC2)c1. The van der Waals surface area contributed by atoms with Crippen molar-refractivity contribution in [3.8, 4) is 6.07 Å². The van der Waals surface area contributed by atoms with Gasteiger partial charge in [0, 0.05) is 30.4 Å². The summed E-state index contributed by atoms with van der Waals surface area (Å²) in [6.07, 6.45) is 13.6. The largest absolute Gasteiger partial charge is 0.384 e. The van der Waals surface area contributed by atoms with Crippen LogP contribution in [0.15, 0.2) is 42.6 Å². The Morgan fingerprint density at radius 2 is 2.00 bits per heavy atom. The fraction of sp³-hybridized carbons (Fsp3) is 0.533. The van der Waals surface area contributed by atoms with Crippen LogP contribution in [-0.4, -0.2) is 27.7 Å². The van der Waals surface area contributed by atoms with Crippen LogP contribution in [0.1, 0.15) is 95.8 Å². The molecule has 5 heteroatoms. The van der Waals surface area contributed by atoms with Gasteiger partial charge in [-0.1, -0.05) is 45.1 Å². The van der Waals surface area contributed by atoms with E-state index in [4.69, 9.17) is 10.00 Å². The minimum atomic E-state index is -0.237. The fourth-order valence-electron chi connectivity index (χ4n) is 5.35. The predicted molar refractivity (Wildman–Crippen MR) is 143 cm³/mol. The van der Waals surface area contributed by atoms with E-state index in [1.165, 1.54) is 28.8 Å². The lowest BCUT2D eigenvalue weighted by Crippen LogP contribution is -2.31. The minimum Gasteiger partial charge on any atom is -0.384 e. The number of benzene rings is 1. The van der Waals surface area contributed by atoms with Crippen molar-refractivity contribution in [1.29, 1.82) is 5.26 Å². The monoisotopic (exact) mass is 472 g/mol. The van der Waals surface area contributed by atoms with Crippen molar-refractivity contribution in [3.63, 3.8) is 0 Å². The van der Waals surface area contributed by atoms with Crippen molar-refractivity contribution in [1.82, 2.24) is 9.97 Å². The zero-order valence-corrected chi connectivity index (χ0v) is 22.2. The molecule has 1 aliphatic heterocycles. The van der Waals surface area contributed by atoms with Crippen LogP contribution in [0.3, 0.4) is 0 Å². The number of aromatic amines is 1. The van der Waals surface area contributed by atoms with E-state index >= 15 is 0 Å². The first-order valence-corrected chi connectivity index (χ1v) is 12.9. The molecule has 0 saturated carbocycles. The Kier molecular flexibility index (Phi) is 6.97. The van der Waals surface area contributed by atoms with E-state index in [0.717, 1.165) is 38.1 Å². The summed E-state index contributed by atoms with van der Waals surface area (Å²) >= 11 is 0. The van der Waals surface area contributed by atoms with Crippen LogP contribution in [0, 0.1) is 16.7 Å². The number of rotatable bonds is 8. The van der Waals surface area contributed by atoms with Crippen molar-refractivity contribution in [3.05, 3.63) is 65.3 Å². The number of anilines is 1. The summed E-state index contributed by atoms with van der Waals surface area (Å²) in [5.41, 5.74) is 5.65. The van der Waals surface area contributed by atoms with E-state index in [2.05, 4.69) is 99.3 Å². The van der Waals surface area contributed by atoms with Gasteiger partial charge in [-0.25, -0.2) is 4.98 Å². The zero-order valence-electron chi connectivity index (χ0n) is 22.2. The van der Waals surface area contributed by atoms with Gasteiger partial charge in [0.1, 0.15) is 11.9 Å². The summed E-state index contributed by atoms with van der Waals surface area (Å²) in [4.78, 5) is 7.40. The normalized spacial score (nSPS) is 23.5. The maximum Gasteiger partial charge on any atom is 0.158 e. The van der Waals surface area contributed by atoms with Crippen LogP contribution in [0.2, 0.25) is 0 Å². The highest BCUT2D eigenvalue weighted by atomic mass is 16.5. The third-order valence-corrected chi connectivity index (χ3v) is 7.40. The molecule has 2 heterocycles. The van der Waals surface area contributed by atoms with Gasteiger partial charge >= 0.3 is 0 Å². The fourth-order valence-corrected chi connectivity index (χ4v) is 5.35. The number of H-pyrrole nitrogens is 1. The molecule has 1 aromatic heterocycles. The first-order valence-electron chi connectivity index (χ1n) is 12.9. The minimum absolute atomic E-state index is 0.199. The molecule has 4 rings (SSSR count). The average molecular weight is 473 g/mol. The highest BCUT2D eigenvalue weighted by Crippen LogP contribution is 2.42. The van der Waals surface area contributed by atoms with Gasteiger partial charge in [-0.15, -0.1) is 0 Å². The number of nitriles is 1. The summed E-state index contributed by atoms with van der Waals surface area (Å²) in [6, 6.07) is 8.97. The molecule has 186 valence electrons. The summed E-state index contributed by atoms with van der Waals surface area (Å²) < 4.78 is 6.36. The van der Waals surface area contributed by atoms with Crippen molar-refractivity contribution in [2.45, 2.75) is 90.8 Å². The van der Waals surface area contributed by atoms with Gasteiger partial charge in [0.15, 0.2) is 5.69 Å². The molecule has 0 bridgehead atoms. The first kappa shape index (κ1) is 25.3. The lowest BCUT2D eigenvalue weighted by atomic mass is 9.76.